The van der Waals surface area contributed by atoms with E-state index in [4.69, 9.17) is 23.2 Å². The average Bonchev–Trinajstić information content (AvgIpc) is 3.11. The Kier molecular flexibility index (Phi) is 6.19. The van der Waals surface area contributed by atoms with Crippen molar-refractivity contribution in [2.75, 3.05) is 5.75 Å². The summed E-state index contributed by atoms with van der Waals surface area (Å²) in [7, 11) is 0. The number of benzene rings is 2. The molecular formula is C18H16Cl2N4OS. The Morgan fingerprint density at radius 2 is 1.96 bits per heavy atom. The van der Waals surface area contributed by atoms with Gasteiger partial charge in [0.15, 0.2) is 5.16 Å². The van der Waals surface area contributed by atoms with E-state index in [-0.39, 0.29) is 17.7 Å². The van der Waals surface area contributed by atoms with Gasteiger partial charge in [-0.1, -0.05) is 59.2 Å². The Morgan fingerprint density at radius 3 is 2.69 bits per heavy atom. The summed E-state index contributed by atoms with van der Waals surface area (Å²) < 4.78 is 1.85. The van der Waals surface area contributed by atoms with Gasteiger partial charge in [0.1, 0.15) is 6.33 Å². The molecule has 0 spiro atoms. The summed E-state index contributed by atoms with van der Waals surface area (Å²) >= 11 is 13.3. The molecule has 0 saturated heterocycles. The summed E-state index contributed by atoms with van der Waals surface area (Å²) in [5, 5.41) is 12.6. The van der Waals surface area contributed by atoms with Crippen molar-refractivity contribution in [2.45, 2.75) is 18.1 Å². The van der Waals surface area contributed by atoms with Crippen LogP contribution in [0.3, 0.4) is 0 Å². The Hall–Kier alpha value is -2.02. The lowest BCUT2D eigenvalue weighted by Crippen LogP contribution is -2.28. The van der Waals surface area contributed by atoms with Gasteiger partial charge in [0, 0.05) is 5.69 Å². The largest absolute Gasteiger partial charge is 0.349 e. The van der Waals surface area contributed by atoms with Gasteiger partial charge in [-0.25, -0.2) is 0 Å². The second-order valence-electron chi connectivity index (χ2n) is 5.57. The van der Waals surface area contributed by atoms with Gasteiger partial charge in [-0.15, -0.1) is 10.2 Å². The number of carbonyl (C=O) groups excluding carboxylic acids is 1. The normalized spacial score (nSPS) is 12.0. The molecule has 134 valence electrons. The number of nitrogens with zero attached hydrogens (tertiary/aromatic N) is 3. The van der Waals surface area contributed by atoms with Crippen molar-refractivity contribution in [3.8, 4) is 5.69 Å². The summed E-state index contributed by atoms with van der Waals surface area (Å²) in [6.07, 6.45) is 1.63. The first-order valence-corrected chi connectivity index (χ1v) is 9.61. The minimum Gasteiger partial charge on any atom is -0.349 e. The molecule has 0 aliphatic heterocycles. The Morgan fingerprint density at radius 1 is 1.19 bits per heavy atom. The molecule has 0 saturated carbocycles. The molecule has 26 heavy (non-hydrogen) atoms. The highest BCUT2D eigenvalue weighted by Gasteiger charge is 2.13. The summed E-state index contributed by atoms with van der Waals surface area (Å²) in [5.74, 6) is 0.133. The molecule has 1 atom stereocenters. The number of hydrogen-bond donors (Lipinski definition) is 1. The van der Waals surface area contributed by atoms with Crippen LogP contribution in [0.25, 0.3) is 5.69 Å². The van der Waals surface area contributed by atoms with E-state index in [2.05, 4.69) is 15.5 Å². The fourth-order valence-corrected chi connectivity index (χ4v) is 3.41. The molecule has 2 aromatic carbocycles. The summed E-state index contributed by atoms with van der Waals surface area (Å²) in [6, 6.07) is 14.9. The number of para-hydroxylation sites is 1. The highest BCUT2D eigenvalue weighted by molar-refractivity contribution is 7.99. The number of thioether (sulfide) groups is 1. The maximum absolute atomic E-state index is 12.3. The number of halogens is 2. The molecule has 3 aromatic rings. The van der Waals surface area contributed by atoms with Gasteiger partial charge in [0.25, 0.3) is 0 Å². The lowest BCUT2D eigenvalue weighted by molar-refractivity contribution is -0.119. The van der Waals surface area contributed by atoms with E-state index in [0.717, 1.165) is 11.3 Å². The molecule has 1 unspecified atom stereocenters. The fourth-order valence-electron chi connectivity index (χ4n) is 2.37. The van der Waals surface area contributed by atoms with Crippen LogP contribution in [0.2, 0.25) is 10.0 Å². The number of carbonyl (C=O) groups is 1. The third-order valence-corrected chi connectivity index (χ3v) is 5.39. The quantitative estimate of drug-likeness (QED) is 0.610. The summed E-state index contributed by atoms with van der Waals surface area (Å²) in [5.41, 5.74) is 1.84. The second kappa shape index (κ2) is 8.58. The standard InChI is InChI=1S/C18H16Cl2N4OS/c1-12(13-7-8-15(19)16(20)9-13)22-17(25)10-26-18-23-21-11-24(18)14-5-3-2-4-6-14/h2-9,11-12H,10H2,1H3,(H,22,25). The Balaban J connectivity index is 1.60. The smallest absolute Gasteiger partial charge is 0.230 e. The number of amides is 1. The van der Waals surface area contributed by atoms with Crippen molar-refractivity contribution < 1.29 is 4.79 Å². The third kappa shape index (κ3) is 4.58. The molecule has 5 nitrogen and oxygen atoms in total. The van der Waals surface area contributed by atoms with Crippen molar-refractivity contribution >= 4 is 40.9 Å². The van der Waals surface area contributed by atoms with Crippen LogP contribution in [0, 0.1) is 0 Å². The first-order valence-electron chi connectivity index (χ1n) is 7.87. The van der Waals surface area contributed by atoms with Crippen LogP contribution in [0.5, 0.6) is 0 Å². The SMILES string of the molecule is CC(NC(=O)CSc1nncn1-c1ccccc1)c1ccc(Cl)c(Cl)c1. The molecule has 3 rings (SSSR count). The molecule has 0 radical (unpaired) electrons. The molecule has 1 N–H and O–H groups in total. The van der Waals surface area contributed by atoms with Crippen molar-refractivity contribution in [2.24, 2.45) is 0 Å². The van der Waals surface area contributed by atoms with Gasteiger partial charge in [0.2, 0.25) is 5.91 Å². The molecule has 0 aliphatic carbocycles. The molecule has 0 bridgehead atoms. The van der Waals surface area contributed by atoms with Crippen LogP contribution >= 0.6 is 35.0 Å². The van der Waals surface area contributed by atoms with Crippen molar-refractivity contribution in [3.05, 3.63) is 70.5 Å². The van der Waals surface area contributed by atoms with Gasteiger partial charge < -0.3 is 5.32 Å². The Bertz CT molecular complexity index is 901. The molecule has 8 heteroatoms. The topological polar surface area (TPSA) is 59.8 Å². The number of nitrogens with one attached hydrogen (secondary N) is 1. The summed E-state index contributed by atoms with van der Waals surface area (Å²) in [6.45, 7) is 1.90. The van der Waals surface area contributed by atoms with E-state index in [9.17, 15) is 4.79 Å². The fraction of sp³-hybridized carbons (Fsp3) is 0.167. The van der Waals surface area contributed by atoms with E-state index in [1.165, 1.54) is 11.8 Å². The van der Waals surface area contributed by atoms with Crippen molar-refractivity contribution in [1.29, 1.82) is 0 Å². The molecule has 1 heterocycles. The number of rotatable bonds is 6. The number of hydrogen-bond acceptors (Lipinski definition) is 4. The first kappa shape index (κ1) is 18.8. The Labute approximate surface area is 165 Å². The predicted octanol–water partition coefficient (Wildman–Crippen LogP) is 4.54. The minimum absolute atomic E-state index is 0.101. The van der Waals surface area contributed by atoms with E-state index in [0.29, 0.717) is 15.2 Å². The molecule has 1 amide bonds. The van der Waals surface area contributed by atoms with Gasteiger partial charge >= 0.3 is 0 Å². The van der Waals surface area contributed by atoms with E-state index >= 15 is 0 Å². The van der Waals surface area contributed by atoms with Crippen LogP contribution in [-0.2, 0) is 4.79 Å². The van der Waals surface area contributed by atoms with E-state index < -0.39 is 0 Å². The number of aromatic nitrogens is 3. The lowest BCUT2D eigenvalue weighted by atomic mass is 10.1. The van der Waals surface area contributed by atoms with Crippen molar-refractivity contribution in [1.82, 2.24) is 20.1 Å². The second-order valence-corrected chi connectivity index (χ2v) is 7.33. The van der Waals surface area contributed by atoms with Gasteiger partial charge in [-0.3, -0.25) is 9.36 Å². The zero-order chi connectivity index (χ0) is 18.5. The van der Waals surface area contributed by atoms with Crippen LogP contribution in [0.4, 0.5) is 0 Å². The van der Waals surface area contributed by atoms with E-state index in [1.54, 1.807) is 18.5 Å². The lowest BCUT2D eigenvalue weighted by Gasteiger charge is -2.15. The maximum atomic E-state index is 12.3. The highest BCUT2D eigenvalue weighted by atomic mass is 35.5. The van der Waals surface area contributed by atoms with Crippen LogP contribution in [-0.4, -0.2) is 26.4 Å². The first-order chi connectivity index (χ1) is 12.5. The van der Waals surface area contributed by atoms with Crippen LogP contribution in [0.1, 0.15) is 18.5 Å². The average molecular weight is 407 g/mol. The van der Waals surface area contributed by atoms with Crippen LogP contribution < -0.4 is 5.32 Å². The zero-order valence-electron chi connectivity index (χ0n) is 13.9. The predicted molar refractivity (Wildman–Crippen MR) is 105 cm³/mol. The molecule has 0 fully saturated rings. The third-order valence-electron chi connectivity index (χ3n) is 3.70. The summed E-state index contributed by atoms with van der Waals surface area (Å²) in [4.78, 5) is 12.3. The molecule has 1 aromatic heterocycles. The zero-order valence-corrected chi connectivity index (χ0v) is 16.2. The monoisotopic (exact) mass is 406 g/mol. The van der Waals surface area contributed by atoms with Gasteiger partial charge in [-0.05, 0) is 36.8 Å². The highest BCUT2D eigenvalue weighted by Crippen LogP contribution is 2.26. The van der Waals surface area contributed by atoms with Crippen LogP contribution in [0.15, 0.2) is 60.0 Å². The van der Waals surface area contributed by atoms with Crippen molar-refractivity contribution in [3.63, 3.8) is 0 Å². The molecule has 0 aliphatic rings. The van der Waals surface area contributed by atoms with E-state index in [1.807, 2.05) is 47.9 Å². The van der Waals surface area contributed by atoms with Gasteiger partial charge in [-0.2, -0.15) is 0 Å². The minimum atomic E-state index is -0.176. The maximum Gasteiger partial charge on any atom is 0.230 e. The van der Waals surface area contributed by atoms with Gasteiger partial charge in [0.05, 0.1) is 21.8 Å². The molecular weight excluding hydrogens is 391 g/mol.